The number of ether oxygens (including phenoxy) is 1. The average Bonchev–Trinajstić information content (AvgIpc) is 3.10. The summed E-state index contributed by atoms with van der Waals surface area (Å²) in [5.74, 6) is 0.166. The number of carboxylic acids is 1. The first-order valence-electron chi connectivity index (χ1n) is 9.24. The summed E-state index contributed by atoms with van der Waals surface area (Å²) in [5, 5.41) is 12.9. The molecular weight excluding hydrogens is 302 g/mol. The fourth-order valence-corrected chi connectivity index (χ4v) is 4.46. The minimum atomic E-state index is -0.628. The molecule has 24 heavy (non-hydrogen) atoms. The van der Waals surface area contributed by atoms with Gasteiger partial charge in [-0.15, -0.1) is 0 Å². The molecule has 3 rings (SSSR count). The van der Waals surface area contributed by atoms with E-state index in [0.29, 0.717) is 6.04 Å². The molecule has 0 bridgehead atoms. The molecule has 1 aromatic carbocycles. The van der Waals surface area contributed by atoms with Crippen LogP contribution in [0.3, 0.4) is 0 Å². The minimum absolute atomic E-state index is 0.137. The van der Waals surface area contributed by atoms with Crippen LogP contribution >= 0.6 is 0 Å². The van der Waals surface area contributed by atoms with Gasteiger partial charge < -0.3 is 15.2 Å². The molecule has 2 aliphatic carbocycles. The van der Waals surface area contributed by atoms with Crippen molar-refractivity contribution in [1.82, 2.24) is 5.32 Å². The van der Waals surface area contributed by atoms with E-state index < -0.39 is 5.97 Å². The predicted molar refractivity (Wildman–Crippen MR) is 94.5 cm³/mol. The van der Waals surface area contributed by atoms with Gasteiger partial charge in [0.15, 0.2) is 0 Å². The SMILES string of the molecule is COc1cccc(C2(CNC3CCC(C(=O)O)CC3)CCCC2)c1. The molecule has 0 saturated heterocycles. The zero-order valence-electron chi connectivity index (χ0n) is 14.6. The van der Waals surface area contributed by atoms with Gasteiger partial charge in [-0.05, 0) is 56.2 Å². The molecular formula is C20H29NO3. The summed E-state index contributed by atoms with van der Waals surface area (Å²) in [7, 11) is 1.72. The van der Waals surface area contributed by atoms with E-state index in [1.165, 1.54) is 31.2 Å². The maximum atomic E-state index is 11.1. The Bertz CT molecular complexity index is 558. The molecule has 0 unspecified atom stereocenters. The Balaban J connectivity index is 1.63. The van der Waals surface area contributed by atoms with E-state index in [1.807, 2.05) is 6.07 Å². The Labute approximate surface area is 144 Å². The Morgan fingerprint density at radius 3 is 2.58 bits per heavy atom. The highest BCUT2D eigenvalue weighted by atomic mass is 16.5. The standard InChI is InChI=1S/C20H29NO3/c1-24-18-6-4-5-16(13-18)20(11-2-3-12-20)14-21-17-9-7-15(8-10-17)19(22)23/h4-6,13,15,17,21H,2-3,7-12,14H2,1H3,(H,22,23). The molecule has 132 valence electrons. The van der Waals surface area contributed by atoms with Gasteiger partial charge in [0.1, 0.15) is 5.75 Å². The first-order valence-corrected chi connectivity index (χ1v) is 9.24. The highest BCUT2D eigenvalue weighted by Gasteiger charge is 2.36. The molecule has 0 radical (unpaired) electrons. The molecule has 0 aromatic heterocycles. The summed E-state index contributed by atoms with van der Waals surface area (Å²) in [6.07, 6.45) is 8.57. The second-order valence-corrected chi connectivity index (χ2v) is 7.49. The normalized spacial score (nSPS) is 26.2. The van der Waals surface area contributed by atoms with Crippen molar-refractivity contribution in [2.45, 2.75) is 62.8 Å². The van der Waals surface area contributed by atoms with E-state index in [1.54, 1.807) is 7.11 Å². The van der Waals surface area contributed by atoms with Crippen LogP contribution in [-0.4, -0.2) is 30.8 Å². The van der Waals surface area contributed by atoms with Crippen molar-refractivity contribution in [3.63, 3.8) is 0 Å². The first kappa shape index (κ1) is 17.3. The number of rotatable bonds is 6. The van der Waals surface area contributed by atoms with Gasteiger partial charge in [-0.3, -0.25) is 4.79 Å². The fourth-order valence-electron chi connectivity index (χ4n) is 4.46. The van der Waals surface area contributed by atoms with E-state index in [0.717, 1.165) is 38.0 Å². The highest BCUT2D eigenvalue weighted by molar-refractivity contribution is 5.70. The van der Waals surface area contributed by atoms with Crippen molar-refractivity contribution >= 4 is 5.97 Å². The topological polar surface area (TPSA) is 58.6 Å². The number of carboxylic acid groups (broad SMARTS) is 1. The van der Waals surface area contributed by atoms with Crippen LogP contribution in [0.1, 0.15) is 56.9 Å². The number of hydrogen-bond donors (Lipinski definition) is 2. The summed E-state index contributed by atoms with van der Waals surface area (Å²) in [5.41, 5.74) is 1.59. The largest absolute Gasteiger partial charge is 0.497 e. The summed E-state index contributed by atoms with van der Waals surface area (Å²) < 4.78 is 5.41. The Kier molecular flexibility index (Phi) is 5.44. The molecule has 2 N–H and O–H groups in total. The van der Waals surface area contributed by atoms with Crippen molar-refractivity contribution in [3.8, 4) is 5.75 Å². The van der Waals surface area contributed by atoms with Gasteiger partial charge in [0.2, 0.25) is 0 Å². The number of nitrogens with one attached hydrogen (secondary N) is 1. The summed E-state index contributed by atoms with van der Waals surface area (Å²) in [6, 6.07) is 8.98. The van der Waals surface area contributed by atoms with Crippen molar-refractivity contribution in [1.29, 1.82) is 0 Å². The molecule has 2 fully saturated rings. The number of methoxy groups -OCH3 is 1. The maximum Gasteiger partial charge on any atom is 0.306 e. The zero-order chi connectivity index (χ0) is 17.0. The first-order chi connectivity index (χ1) is 11.6. The molecule has 2 aliphatic rings. The summed E-state index contributed by atoms with van der Waals surface area (Å²) in [4.78, 5) is 11.1. The van der Waals surface area contributed by atoms with Crippen LogP contribution in [-0.2, 0) is 10.2 Å². The number of carbonyl (C=O) groups is 1. The van der Waals surface area contributed by atoms with Crippen LogP contribution in [0.15, 0.2) is 24.3 Å². The Morgan fingerprint density at radius 2 is 1.96 bits per heavy atom. The van der Waals surface area contributed by atoms with Crippen LogP contribution in [0.25, 0.3) is 0 Å². The van der Waals surface area contributed by atoms with Crippen LogP contribution in [0.4, 0.5) is 0 Å². The van der Waals surface area contributed by atoms with E-state index in [-0.39, 0.29) is 11.3 Å². The number of hydrogen-bond acceptors (Lipinski definition) is 3. The lowest BCUT2D eigenvalue weighted by molar-refractivity contribution is -0.142. The molecule has 0 atom stereocenters. The molecule has 0 spiro atoms. The van der Waals surface area contributed by atoms with Gasteiger partial charge in [0.05, 0.1) is 13.0 Å². The summed E-state index contributed by atoms with van der Waals surface area (Å²) >= 11 is 0. The van der Waals surface area contributed by atoms with Crippen molar-refractivity contribution in [3.05, 3.63) is 29.8 Å². The quantitative estimate of drug-likeness (QED) is 0.834. The summed E-state index contributed by atoms with van der Waals surface area (Å²) in [6.45, 7) is 0.989. The van der Waals surface area contributed by atoms with Gasteiger partial charge in [-0.25, -0.2) is 0 Å². The third kappa shape index (κ3) is 3.75. The third-order valence-electron chi connectivity index (χ3n) is 6.05. The lowest BCUT2D eigenvalue weighted by Gasteiger charge is -2.34. The minimum Gasteiger partial charge on any atom is -0.497 e. The number of benzene rings is 1. The van der Waals surface area contributed by atoms with Gasteiger partial charge in [0, 0.05) is 18.0 Å². The van der Waals surface area contributed by atoms with Crippen molar-refractivity contribution in [2.24, 2.45) is 5.92 Å². The molecule has 0 aliphatic heterocycles. The zero-order valence-corrected chi connectivity index (χ0v) is 14.6. The molecule has 1 aromatic rings. The lowest BCUT2D eigenvalue weighted by Crippen LogP contribution is -2.43. The van der Waals surface area contributed by atoms with Crippen molar-refractivity contribution in [2.75, 3.05) is 13.7 Å². The maximum absolute atomic E-state index is 11.1. The second kappa shape index (κ2) is 7.56. The molecule has 4 heteroatoms. The smallest absolute Gasteiger partial charge is 0.306 e. The van der Waals surface area contributed by atoms with E-state index >= 15 is 0 Å². The van der Waals surface area contributed by atoms with Crippen LogP contribution < -0.4 is 10.1 Å². The van der Waals surface area contributed by atoms with E-state index in [2.05, 4.69) is 23.5 Å². The van der Waals surface area contributed by atoms with Gasteiger partial charge in [0.25, 0.3) is 0 Å². The molecule has 0 amide bonds. The molecule has 2 saturated carbocycles. The van der Waals surface area contributed by atoms with E-state index in [9.17, 15) is 4.79 Å². The monoisotopic (exact) mass is 331 g/mol. The molecule has 0 heterocycles. The Hall–Kier alpha value is -1.55. The van der Waals surface area contributed by atoms with Gasteiger partial charge in [-0.1, -0.05) is 25.0 Å². The number of aliphatic carboxylic acids is 1. The second-order valence-electron chi connectivity index (χ2n) is 7.49. The van der Waals surface area contributed by atoms with E-state index in [4.69, 9.17) is 9.84 Å². The van der Waals surface area contributed by atoms with Crippen LogP contribution in [0.5, 0.6) is 5.75 Å². The third-order valence-corrected chi connectivity index (χ3v) is 6.05. The predicted octanol–water partition coefficient (Wildman–Crippen LogP) is 3.74. The fraction of sp³-hybridized carbons (Fsp3) is 0.650. The van der Waals surface area contributed by atoms with Gasteiger partial charge in [-0.2, -0.15) is 0 Å². The molecule has 4 nitrogen and oxygen atoms in total. The van der Waals surface area contributed by atoms with Crippen molar-refractivity contribution < 1.29 is 14.6 Å². The average molecular weight is 331 g/mol. The Morgan fingerprint density at radius 1 is 1.25 bits per heavy atom. The van der Waals surface area contributed by atoms with Gasteiger partial charge >= 0.3 is 5.97 Å². The lowest BCUT2D eigenvalue weighted by atomic mass is 9.78. The van der Waals surface area contributed by atoms with Crippen LogP contribution in [0, 0.1) is 5.92 Å². The highest BCUT2D eigenvalue weighted by Crippen LogP contribution is 2.42. The van der Waals surface area contributed by atoms with Crippen LogP contribution in [0.2, 0.25) is 0 Å².